The van der Waals surface area contributed by atoms with Gasteiger partial charge in [-0.25, -0.2) is 0 Å². The fourth-order valence-corrected chi connectivity index (χ4v) is 2.66. The molecule has 0 saturated carbocycles. The molecule has 1 aromatic heterocycles. The van der Waals surface area contributed by atoms with E-state index in [1.54, 1.807) is 33.5 Å². The number of rotatable bonds is 5. The molecule has 1 aliphatic carbocycles. The Morgan fingerprint density at radius 3 is 2.00 bits per heavy atom. The Labute approximate surface area is 141 Å². The first kappa shape index (κ1) is 18.7. The van der Waals surface area contributed by atoms with Gasteiger partial charge in [0.15, 0.2) is 0 Å². The van der Waals surface area contributed by atoms with E-state index in [1.807, 2.05) is 19.1 Å². The van der Waals surface area contributed by atoms with Crippen LogP contribution in [0.1, 0.15) is 18.4 Å². The number of allylic oxidation sites excluding steroid dienone is 1. The molecule has 1 unspecified atom stereocenters. The first-order valence-electron chi connectivity index (χ1n) is 7.07. The van der Waals surface area contributed by atoms with Gasteiger partial charge in [0.1, 0.15) is 11.4 Å². The summed E-state index contributed by atoms with van der Waals surface area (Å²) in [6.45, 7) is 1.90. The van der Waals surface area contributed by atoms with Crippen molar-refractivity contribution < 1.29 is 9.59 Å². The minimum absolute atomic E-state index is 0. The monoisotopic (exact) mass is 336 g/mol. The molecule has 7 heteroatoms. The van der Waals surface area contributed by atoms with E-state index >= 15 is 0 Å². The number of hydrogen-bond donors (Lipinski definition) is 3. The third kappa shape index (κ3) is 3.22. The molecule has 1 aliphatic rings. The van der Waals surface area contributed by atoms with Crippen molar-refractivity contribution in [1.29, 1.82) is 0 Å². The van der Waals surface area contributed by atoms with E-state index < -0.39 is 0 Å². The Morgan fingerprint density at radius 2 is 1.52 bits per heavy atom. The Morgan fingerprint density at radius 1 is 0.957 bits per heavy atom. The quantitative estimate of drug-likeness (QED) is 0.692. The lowest BCUT2D eigenvalue weighted by molar-refractivity contribution is -0.117. The van der Waals surface area contributed by atoms with E-state index in [0.717, 1.165) is 5.56 Å². The van der Waals surface area contributed by atoms with Crippen LogP contribution in [0.15, 0.2) is 47.2 Å². The summed E-state index contributed by atoms with van der Waals surface area (Å²) >= 11 is 0. The van der Waals surface area contributed by atoms with Gasteiger partial charge in [-0.2, -0.15) is 0 Å². The van der Waals surface area contributed by atoms with Crippen molar-refractivity contribution in [2.24, 2.45) is 0 Å². The van der Waals surface area contributed by atoms with Gasteiger partial charge in [0.05, 0.1) is 5.70 Å². The zero-order valence-corrected chi connectivity index (χ0v) is 14.4. The van der Waals surface area contributed by atoms with Crippen LogP contribution in [0, 0.1) is 0 Å². The summed E-state index contributed by atoms with van der Waals surface area (Å²) in [7, 11) is 4.91. The molecule has 3 N–H and O–H groups in total. The minimum atomic E-state index is -0.241. The van der Waals surface area contributed by atoms with Crippen LogP contribution in [0.4, 0.5) is 0 Å². The normalized spacial score (nSPS) is 16.0. The summed E-state index contributed by atoms with van der Waals surface area (Å²) < 4.78 is 0. The highest BCUT2D eigenvalue weighted by molar-refractivity contribution is 6.25. The molecule has 0 spiro atoms. The molecule has 6 nitrogen and oxygen atoms in total. The number of nitrogens with one attached hydrogen (secondary N) is 3. The average molecular weight is 337 g/mol. The molecule has 0 saturated heterocycles. The van der Waals surface area contributed by atoms with Gasteiger partial charge >= 0.3 is 0 Å². The first-order valence-corrected chi connectivity index (χ1v) is 7.07. The summed E-state index contributed by atoms with van der Waals surface area (Å²) in [5, 5.41) is 8.52. The zero-order chi connectivity index (χ0) is 16.3. The number of carbonyl (C=O) groups excluding carboxylic acids is 2. The van der Waals surface area contributed by atoms with E-state index in [1.165, 1.54) is 0 Å². The first-order chi connectivity index (χ1) is 10.6. The van der Waals surface area contributed by atoms with Crippen molar-refractivity contribution in [3.63, 3.8) is 0 Å². The molecule has 1 heterocycles. The summed E-state index contributed by atoms with van der Waals surface area (Å²) in [4.78, 5) is 29.5. The molecule has 0 radical (unpaired) electrons. The standard InChI is InChI=1S/C16H20N4O2.ClH/c1-9(10-6-5-7-20-8-10)11-12(17-2)16(22)14(19-4)13(18-3)15(11)21;/h5-9,17-19H,1-4H3;1H. The van der Waals surface area contributed by atoms with E-state index in [4.69, 9.17) is 0 Å². The molecule has 0 fully saturated rings. The highest BCUT2D eigenvalue weighted by Gasteiger charge is 2.36. The third-order valence-corrected chi connectivity index (χ3v) is 3.81. The Hall–Kier alpha value is -2.34. The summed E-state index contributed by atoms with van der Waals surface area (Å²) in [5.74, 6) is -0.652. The molecular weight excluding hydrogens is 316 g/mol. The Balaban J connectivity index is 0.00000264. The third-order valence-electron chi connectivity index (χ3n) is 3.81. The van der Waals surface area contributed by atoms with Crippen molar-refractivity contribution in [2.75, 3.05) is 21.1 Å². The van der Waals surface area contributed by atoms with Crippen LogP contribution in [0.5, 0.6) is 0 Å². The number of Topliss-reactive ketones (excluding diaryl/α,β-unsaturated/α-hetero) is 2. The lowest BCUT2D eigenvalue weighted by Crippen LogP contribution is -2.39. The Bertz CT molecular complexity index is 668. The molecule has 0 amide bonds. The van der Waals surface area contributed by atoms with Crippen LogP contribution in [0.25, 0.3) is 0 Å². The molecule has 0 aliphatic heterocycles. The van der Waals surface area contributed by atoms with E-state index in [-0.39, 0.29) is 41.3 Å². The van der Waals surface area contributed by atoms with Crippen molar-refractivity contribution >= 4 is 24.0 Å². The van der Waals surface area contributed by atoms with Crippen molar-refractivity contribution in [3.05, 3.63) is 52.8 Å². The predicted molar refractivity (Wildman–Crippen MR) is 91.1 cm³/mol. The van der Waals surface area contributed by atoms with Gasteiger partial charge in [0, 0.05) is 45.0 Å². The summed E-state index contributed by atoms with van der Waals surface area (Å²) in [5.41, 5.74) is 2.22. The maximum absolute atomic E-state index is 12.8. The average Bonchev–Trinajstić information content (AvgIpc) is 2.55. The summed E-state index contributed by atoms with van der Waals surface area (Å²) in [6.07, 6.45) is 3.38. The summed E-state index contributed by atoms with van der Waals surface area (Å²) in [6, 6.07) is 3.71. The highest BCUT2D eigenvalue weighted by atomic mass is 35.5. The van der Waals surface area contributed by atoms with Crippen LogP contribution in [-0.2, 0) is 9.59 Å². The van der Waals surface area contributed by atoms with Crippen molar-refractivity contribution in [1.82, 2.24) is 20.9 Å². The number of likely N-dealkylation sites (N-methyl/N-ethyl adjacent to an activating group) is 3. The number of ketones is 2. The number of carbonyl (C=O) groups is 2. The smallest absolute Gasteiger partial charge is 0.227 e. The molecular formula is C16H21ClN4O2. The molecule has 2 rings (SSSR count). The molecule has 124 valence electrons. The lowest BCUT2D eigenvalue weighted by Gasteiger charge is -2.26. The highest BCUT2D eigenvalue weighted by Crippen LogP contribution is 2.31. The van der Waals surface area contributed by atoms with Gasteiger partial charge in [-0.3, -0.25) is 14.6 Å². The molecule has 1 atom stereocenters. The predicted octanol–water partition coefficient (Wildman–Crippen LogP) is 0.883. The maximum Gasteiger partial charge on any atom is 0.227 e. The largest absolute Gasteiger partial charge is 0.385 e. The molecule has 0 aromatic carbocycles. The van der Waals surface area contributed by atoms with Crippen LogP contribution in [0.3, 0.4) is 0 Å². The molecule has 23 heavy (non-hydrogen) atoms. The van der Waals surface area contributed by atoms with Crippen LogP contribution < -0.4 is 16.0 Å². The second-order valence-electron chi connectivity index (χ2n) is 4.95. The van der Waals surface area contributed by atoms with Crippen LogP contribution in [-0.4, -0.2) is 37.7 Å². The fourth-order valence-electron chi connectivity index (χ4n) is 2.66. The second-order valence-corrected chi connectivity index (χ2v) is 4.95. The Kier molecular flexibility index (Phi) is 6.33. The van der Waals surface area contributed by atoms with Crippen LogP contribution in [0.2, 0.25) is 0 Å². The lowest BCUT2D eigenvalue weighted by atomic mass is 9.83. The van der Waals surface area contributed by atoms with E-state index in [2.05, 4.69) is 20.9 Å². The van der Waals surface area contributed by atoms with E-state index in [9.17, 15) is 9.59 Å². The van der Waals surface area contributed by atoms with Gasteiger partial charge in [0.25, 0.3) is 0 Å². The van der Waals surface area contributed by atoms with Crippen molar-refractivity contribution in [2.45, 2.75) is 12.8 Å². The van der Waals surface area contributed by atoms with Gasteiger partial charge in [-0.05, 0) is 11.6 Å². The SMILES string of the molecule is CNC1=C(NC)C(=O)C(C(C)c2cccnc2)=C(NC)C1=O.Cl. The number of aromatic nitrogens is 1. The van der Waals surface area contributed by atoms with Crippen molar-refractivity contribution in [3.8, 4) is 0 Å². The van der Waals surface area contributed by atoms with Gasteiger partial charge in [-0.1, -0.05) is 13.0 Å². The molecule has 1 aromatic rings. The van der Waals surface area contributed by atoms with Gasteiger partial charge in [0.2, 0.25) is 11.6 Å². The maximum atomic E-state index is 12.8. The number of halogens is 1. The number of nitrogens with zero attached hydrogens (tertiary/aromatic N) is 1. The van der Waals surface area contributed by atoms with Gasteiger partial charge < -0.3 is 16.0 Å². The topological polar surface area (TPSA) is 83.1 Å². The second kappa shape index (κ2) is 7.78. The number of hydrogen-bond acceptors (Lipinski definition) is 6. The van der Waals surface area contributed by atoms with E-state index in [0.29, 0.717) is 11.3 Å². The van der Waals surface area contributed by atoms with Crippen LogP contribution >= 0.6 is 12.4 Å². The molecule has 0 bridgehead atoms. The number of pyridine rings is 1. The fraction of sp³-hybridized carbons (Fsp3) is 0.312. The zero-order valence-electron chi connectivity index (χ0n) is 13.6. The van der Waals surface area contributed by atoms with Gasteiger partial charge in [-0.15, -0.1) is 12.4 Å². The minimum Gasteiger partial charge on any atom is -0.385 e.